The number of hydrogen-bond donors (Lipinski definition) is 0. The second-order valence-electron chi connectivity index (χ2n) is 5.98. The maximum Gasteiger partial charge on any atom is 0.187 e. The van der Waals surface area contributed by atoms with Crippen molar-refractivity contribution in [2.24, 2.45) is 0 Å². The smallest absolute Gasteiger partial charge is 0.187 e. The molecule has 4 heteroatoms. The van der Waals surface area contributed by atoms with Crippen LogP contribution in [0.2, 0.25) is 19.1 Å². The van der Waals surface area contributed by atoms with Crippen molar-refractivity contribution < 1.29 is 13.9 Å². The van der Waals surface area contributed by atoms with E-state index in [-0.39, 0.29) is 0 Å². The summed E-state index contributed by atoms with van der Waals surface area (Å²) in [7, 11) is -1.46. The molecule has 1 fully saturated rings. The lowest BCUT2D eigenvalue weighted by atomic mass is 10.1. The molecule has 112 valence electrons. The molecule has 0 amide bonds. The van der Waals surface area contributed by atoms with Crippen LogP contribution in [0, 0.1) is 0 Å². The molecule has 1 aromatic rings. The van der Waals surface area contributed by atoms with E-state index in [1.165, 1.54) is 17.2 Å². The highest BCUT2D eigenvalue weighted by atomic mass is 28.4. The van der Waals surface area contributed by atoms with E-state index in [2.05, 4.69) is 44.3 Å². The maximum atomic E-state index is 5.86. The molecule has 0 saturated carbocycles. The van der Waals surface area contributed by atoms with Gasteiger partial charge in [0.1, 0.15) is 6.10 Å². The first-order chi connectivity index (χ1) is 9.59. The highest BCUT2D eigenvalue weighted by Crippen LogP contribution is 2.16. The molecule has 1 aromatic carbocycles. The maximum absolute atomic E-state index is 5.86. The first kappa shape index (κ1) is 15.7. The third kappa shape index (κ3) is 5.75. The Balaban J connectivity index is 1.72. The van der Waals surface area contributed by atoms with Gasteiger partial charge in [0.25, 0.3) is 0 Å². The van der Waals surface area contributed by atoms with Gasteiger partial charge in [-0.05, 0) is 43.6 Å². The summed E-state index contributed by atoms with van der Waals surface area (Å²) in [6.07, 6.45) is 1.45. The monoisotopic (exact) mass is 294 g/mol. The SMILES string of the molecule is CCO[Si](C)(C)CCc1ccc(COCC2CO2)cc1. The quantitative estimate of drug-likeness (QED) is 0.517. The summed E-state index contributed by atoms with van der Waals surface area (Å²) in [5.41, 5.74) is 2.62. The fourth-order valence-corrected chi connectivity index (χ4v) is 4.00. The van der Waals surface area contributed by atoms with E-state index < -0.39 is 8.32 Å². The predicted molar refractivity (Wildman–Crippen MR) is 83.5 cm³/mol. The van der Waals surface area contributed by atoms with Gasteiger partial charge in [-0.3, -0.25) is 0 Å². The van der Waals surface area contributed by atoms with Crippen LogP contribution < -0.4 is 0 Å². The van der Waals surface area contributed by atoms with Gasteiger partial charge in [-0.1, -0.05) is 24.3 Å². The number of rotatable bonds is 9. The predicted octanol–water partition coefficient (Wildman–Crippen LogP) is 3.39. The van der Waals surface area contributed by atoms with Crippen molar-refractivity contribution in [2.75, 3.05) is 19.8 Å². The zero-order valence-electron chi connectivity index (χ0n) is 12.9. The number of ether oxygens (including phenoxy) is 2. The number of epoxide rings is 1. The van der Waals surface area contributed by atoms with Crippen molar-refractivity contribution in [3.8, 4) is 0 Å². The van der Waals surface area contributed by atoms with E-state index >= 15 is 0 Å². The molecule has 1 heterocycles. The molecule has 3 nitrogen and oxygen atoms in total. The van der Waals surface area contributed by atoms with E-state index in [9.17, 15) is 0 Å². The fraction of sp³-hybridized carbons (Fsp3) is 0.625. The zero-order valence-corrected chi connectivity index (χ0v) is 13.9. The minimum Gasteiger partial charge on any atom is -0.418 e. The first-order valence-electron chi connectivity index (χ1n) is 7.50. The van der Waals surface area contributed by atoms with Crippen LogP contribution in [0.5, 0.6) is 0 Å². The Morgan fingerprint density at radius 2 is 1.85 bits per heavy atom. The van der Waals surface area contributed by atoms with Crippen LogP contribution in [0.25, 0.3) is 0 Å². The Hall–Kier alpha value is -0.683. The van der Waals surface area contributed by atoms with E-state index in [0.29, 0.717) is 12.7 Å². The van der Waals surface area contributed by atoms with Crippen molar-refractivity contribution in [3.05, 3.63) is 35.4 Å². The van der Waals surface area contributed by atoms with Crippen molar-refractivity contribution in [1.29, 1.82) is 0 Å². The van der Waals surface area contributed by atoms with Gasteiger partial charge in [-0.15, -0.1) is 0 Å². The number of hydrogen-bond acceptors (Lipinski definition) is 3. The average Bonchev–Trinajstić information content (AvgIpc) is 3.22. The molecule has 0 radical (unpaired) electrons. The Labute approximate surface area is 123 Å². The van der Waals surface area contributed by atoms with Gasteiger partial charge in [-0.2, -0.15) is 0 Å². The van der Waals surface area contributed by atoms with Gasteiger partial charge in [-0.25, -0.2) is 0 Å². The zero-order chi connectivity index (χ0) is 14.4. The topological polar surface area (TPSA) is 31.0 Å². The fourth-order valence-electron chi connectivity index (χ4n) is 2.18. The lowest BCUT2D eigenvalue weighted by Gasteiger charge is -2.21. The van der Waals surface area contributed by atoms with Crippen molar-refractivity contribution in [1.82, 2.24) is 0 Å². The third-order valence-corrected chi connectivity index (χ3v) is 6.07. The minimum atomic E-state index is -1.46. The molecule has 0 aromatic heterocycles. The van der Waals surface area contributed by atoms with E-state index in [4.69, 9.17) is 13.9 Å². The summed E-state index contributed by atoms with van der Waals surface area (Å²) >= 11 is 0. The normalized spacial score (nSPS) is 18.2. The third-order valence-electron chi connectivity index (χ3n) is 3.55. The minimum absolute atomic E-state index is 0.347. The van der Waals surface area contributed by atoms with Crippen LogP contribution in [-0.4, -0.2) is 34.2 Å². The molecule has 2 rings (SSSR count). The molecule has 1 aliphatic heterocycles. The van der Waals surface area contributed by atoms with Gasteiger partial charge < -0.3 is 13.9 Å². The Kier molecular flexibility index (Phi) is 5.78. The summed E-state index contributed by atoms with van der Waals surface area (Å²) in [4.78, 5) is 0. The molecule has 20 heavy (non-hydrogen) atoms. The van der Waals surface area contributed by atoms with E-state index in [1.807, 2.05) is 0 Å². The summed E-state index contributed by atoms with van der Waals surface area (Å²) < 4.78 is 16.6. The highest BCUT2D eigenvalue weighted by Gasteiger charge is 2.22. The van der Waals surface area contributed by atoms with Crippen LogP contribution in [0.3, 0.4) is 0 Å². The van der Waals surface area contributed by atoms with Gasteiger partial charge in [0.05, 0.1) is 19.8 Å². The van der Waals surface area contributed by atoms with Gasteiger partial charge >= 0.3 is 0 Å². The molecule has 0 spiro atoms. The highest BCUT2D eigenvalue weighted by molar-refractivity contribution is 6.71. The second-order valence-corrected chi connectivity index (χ2v) is 10.3. The van der Waals surface area contributed by atoms with E-state index in [1.54, 1.807) is 0 Å². The Morgan fingerprint density at radius 1 is 1.20 bits per heavy atom. The Morgan fingerprint density at radius 3 is 2.45 bits per heavy atom. The van der Waals surface area contributed by atoms with Crippen LogP contribution in [0.15, 0.2) is 24.3 Å². The van der Waals surface area contributed by atoms with Gasteiger partial charge in [0.2, 0.25) is 0 Å². The largest absolute Gasteiger partial charge is 0.418 e. The molecule has 0 N–H and O–H groups in total. The average molecular weight is 294 g/mol. The standard InChI is InChI=1S/C16H26O3Si/c1-4-19-20(2,3)10-9-14-5-7-15(8-6-14)11-17-12-16-13-18-16/h5-8,16H,4,9-13H2,1-3H3. The summed E-state index contributed by atoms with van der Waals surface area (Å²) in [5.74, 6) is 0. The molecular weight excluding hydrogens is 268 g/mol. The molecule has 1 atom stereocenters. The lowest BCUT2D eigenvalue weighted by molar-refractivity contribution is 0.104. The van der Waals surface area contributed by atoms with Gasteiger partial charge in [0, 0.05) is 6.61 Å². The van der Waals surface area contributed by atoms with Gasteiger partial charge in [0.15, 0.2) is 8.32 Å². The molecule has 1 unspecified atom stereocenters. The number of benzene rings is 1. The molecule has 0 aliphatic carbocycles. The molecule has 1 saturated heterocycles. The summed E-state index contributed by atoms with van der Waals surface area (Å²) in [6, 6.07) is 9.93. The van der Waals surface area contributed by atoms with Crippen molar-refractivity contribution in [2.45, 2.75) is 45.2 Å². The Bertz CT molecular complexity index is 399. The van der Waals surface area contributed by atoms with Crippen LogP contribution in [0.4, 0.5) is 0 Å². The lowest BCUT2D eigenvalue weighted by Crippen LogP contribution is -2.30. The molecular formula is C16H26O3Si. The van der Waals surface area contributed by atoms with Crippen LogP contribution in [-0.2, 0) is 26.9 Å². The van der Waals surface area contributed by atoms with Crippen LogP contribution >= 0.6 is 0 Å². The van der Waals surface area contributed by atoms with E-state index in [0.717, 1.165) is 26.2 Å². The second kappa shape index (κ2) is 7.36. The van der Waals surface area contributed by atoms with Crippen molar-refractivity contribution in [3.63, 3.8) is 0 Å². The first-order valence-corrected chi connectivity index (χ1v) is 10.6. The molecule has 0 bridgehead atoms. The van der Waals surface area contributed by atoms with Crippen LogP contribution in [0.1, 0.15) is 18.1 Å². The summed E-state index contributed by atoms with van der Waals surface area (Å²) in [5, 5.41) is 0. The summed E-state index contributed by atoms with van der Waals surface area (Å²) in [6.45, 7) is 9.75. The molecule has 1 aliphatic rings. The number of aryl methyl sites for hydroxylation is 1. The van der Waals surface area contributed by atoms with Crippen molar-refractivity contribution >= 4 is 8.32 Å².